The maximum Gasteiger partial charge on any atom is 0 e. The molecule has 0 heterocycles. The van der Waals surface area contributed by atoms with Crippen LogP contribution >= 0.6 is 48.0 Å². The van der Waals surface area contributed by atoms with Crippen molar-refractivity contribution in [1.29, 1.82) is 0 Å². The molecular weight excluding hydrogens is 477 g/mol. The van der Waals surface area contributed by atoms with Crippen molar-refractivity contribution >= 4 is 48.0 Å². The number of allylic oxidation sites excluding steroid dienone is 4. The van der Waals surface area contributed by atoms with Crippen molar-refractivity contribution in [2.45, 2.75) is 38.5 Å². The van der Waals surface area contributed by atoms with Crippen LogP contribution in [-0.2, 0) is 26.2 Å². The van der Waals surface area contributed by atoms with E-state index in [1.165, 1.54) is 37.7 Å². The van der Waals surface area contributed by atoms with Gasteiger partial charge in [0.15, 0.2) is 0 Å². The van der Waals surface area contributed by atoms with E-state index in [1.54, 1.807) is 0 Å². The number of hydrogen-bond acceptors (Lipinski definition) is 0. The Balaban J connectivity index is 0. The first-order valence-corrected chi connectivity index (χ1v) is 4.74. The summed E-state index contributed by atoms with van der Waals surface area (Å²) in [5, 5.41) is 0. The molecule has 2 aliphatic carbocycles. The van der Waals surface area contributed by atoms with E-state index in [0.717, 1.165) is 12.3 Å². The molecule has 1 fully saturated rings. The van der Waals surface area contributed by atoms with E-state index < -0.39 is 0 Å². The molecule has 0 unspecified atom stereocenters. The third kappa shape index (κ3) is 5.24. The second kappa shape index (κ2) is 10.0. The van der Waals surface area contributed by atoms with Gasteiger partial charge in [-0.1, -0.05) is 19.3 Å². The molecule has 80 valence electrons. The van der Waals surface area contributed by atoms with E-state index in [1.807, 2.05) is 0 Å². The van der Waals surface area contributed by atoms with Gasteiger partial charge < -0.3 is 0 Å². The quantitative estimate of drug-likeness (QED) is 0.373. The van der Waals surface area contributed by atoms with E-state index in [0.29, 0.717) is 0 Å². The van der Waals surface area contributed by atoms with Crippen molar-refractivity contribution in [2.75, 3.05) is 0 Å². The summed E-state index contributed by atoms with van der Waals surface area (Å²) in [4.78, 5) is 0. The SMILES string of the molecule is I.I.[C-]1=C(C2CCCCC2)C=CC1.[Zr]. The predicted molar refractivity (Wildman–Crippen MR) is 77.9 cm³/mol. The van der Waals surface area contributed by atoms with E-state index in [-0.39, 0.29) is 74.2 Å². The summed E-state index contributed by atoms with van der Waals surface area (Å²) in [5.74, 6) is 0.863. The van der Waals surface area contributed by atoms with Crippen LogP contribution in [-0.4, -0.2) is 0 Å². The van der Waals surface area contributed by atoms with Crippen LogP contribution in [0.2, 0.25) is 0 Å². The molecule has 0 bridgehead atoms. The minimum atomic E-state index is 0. The number of halogens is 2. The molecule has 0 nitrogen and oxygen atoms in total. The zero-order valence-corrected chi connectivity index (χ0v) is 15.4. The summed E-state index contributed by atoms with van der Waals surface area (Å²) in [6.07, 6.45) is 16.1. The second-order valence-corrected chi connectivity index (χ2v) is 3.57. The molecule has 0 aromatic rings. The van der Waals surface area contributed by atoms with Gasteiger partial charge in [-0.2, -0.15) is 6.08 Å². The van der Waals surface area contributed by atoms with Crippen LogP contribution in [0.3, 0.4) is 0 Å². The van der Waals surface area contributed by atoms with Gasteiger partial charge in [0.05, 0.1) is 0 Å². The van der Waals surface area contributed by atoms with Crippen molar-refractivity contribution in [3.63, 3.8) is 0 Å². The molecule has 2 rings (SSSR count). The van der Waals surface area contributed by atoms with Gasteiger partial charge in [-0.25, -0.2) is 11.6 Å². The number of hydrogen-bond donors (Lipinski definition) is 0. The van der Waals surface area contributed by atoms with Crippen LogP contribution in [0.5, 0.6) is 0 Å². The molecule has 0 spiro atoms. The van der Waals surface area contributed by atoms with Crippen molar-refractivity contribution in [2.24, 2.45) is 5.92 Å². The van der Waals surface area contributed by atoms with Crippen LogP contribution in [0.4, 0.5) is 0 Å². The summed E-state index contributed by atoms with van der Waals surface area (Å²) in [5.41, 5.74) is 1.50. The molecule has 14 heavy (non-hydrogen) atoms. The Bertz CT molecular complexity index is 193. The fraction of sp³-hybridized carbons (Fsp3) is 0.636. The van der Waals surface area contributed by atoms with Crippen LogP contribution in [0.1, 0.15) is 38.5 Å². The van der Waals surface area contributed by atoms with Crippen LogP contribution in [0, 0.1) is 12.0 Å². The van der Waals surface area contributed by atoms with Crippen LogP contribution in [0.15, 0.2) is 17.7 Å². The third-order valence-electron chi connectivity index (χ3n) is 2.77. The van der Waals surface area contributed by atoms with Gasteiger partial charge in [0.1, 0.15) is 0 Å². The third-order valence-corrected chi connectivity index (χ3v) is 2.77. The molecule has 0 radical (unpaired) electrons. The monoisotopic (exact) mass is 493 g/mol. The van der Waals surface area contributed by atoms with Gasteiger partial charge in [0.25, 0.3) is 0 Å². The fourth-order valence-electron chi connectivity index (χ4n) is 2.12. The molecule has 3 heteroatoms. The largest absolute Gasteiger partial charge is 0.269 e. The Morgan fingerprint density at radius 2 is 1.71 bits per heavy atom. The standard InChI is InChI=1S/C11H15.2HI.Zr/c1-2-6-10(7-3-1)11-8-4-5-9-11;;;/h4,8,10H,1-3,5-7H2;2*1H;/q-1;;;. The molecule has 2 aliphatic rings. The van der Waals surface area contributed by atoms with Gasteiger partial charge in [-0.3, -0.25) is 6.08 Å². The van der Waals surface area contributed by atoms with E-state index in [2.05, 4.69) is 18.2 Å². The smallest absolute Gasteiger partial charge is 0 e. The van der Waals surface area contributed by atoms with E-state index in [9.17, 15) is 0 Å². The van der Waals surface area contributed by atoms with Crippen molar-refractivity contribution in [3.05, 3.63) is 23.8 Å². The van der Waals surface area contributed by atoms with Crippen LogP contribution in [0.25, 0.3) is 0 Å². The normalized spacial score (nSPS) is 20.1. The Morgan fingerprint density at radius 1 is 1.07 bits per heavy atom. The van der Waals surface area contributed by atoms with E-state index in [4.69, 9.17) is 0 Å². The van der Waals surface area contributed by atoms with Crippen LogP contribution < -0.4 is 0 Å². The van der Waals surface area contributed by atoms with E-state index >= 15 is 0 Å². The predicted octanol–water partition coefficient (Wildman–Crippen LogP) is 4.49. The average molecular weight is 494 g/mol. The molecule has 0 aliphatic heterocycles. The molecule has 0 aromatic heterocycles. The summed E-state index contributed by atoms with van der Waals surface area (Å²) < 4.78 is 0. The molecule has 0 atom stereocenters. The summed E-state index contributed by atoms with van der Waals surface area (Å²) in [7, 11) is 0. The molecule has 0 amide bonds. The first-order chi connectivity index (χ1) is 5.47. The van der Waals surface area contributed by atoms with Crippen molar-refractivity contribution in [3.8, 4) is 0 Å². The first-order valence-electron chi connectivity index (χ1n) is 4.74. The second-order valence-electron chi connectivity index (χ2n) is 3.57. The molecular formula is C11H17I2Zr-. The minimum Gasteiger partial charge on any atom is -0.269 e. The molecule has 1 saturated carbocycles. The van der Waals surface area contributed by atoms with Gasteiger partial charge >= 0.3 is 0 Å². The summed E-state index contributed by atoms with van der Waals surface area (Å²) in [6.45, 7) is 0. The Hall–Kier alpha value is 1.82. The Labute approximate surface area is 141 Å². The average Bonchev–Trinajstić information content (AvgIpc) is 2.58. The maximum absolute atomic E-state index is 3.43. The summed E-state index contributed by atoms with van der Waals surface area (Å²) >= 11 is 0. The summed E-state index contributed by atoms with van der Waals surface area (Å²) in [6, 6.07) is 0. The number of rotatable bonds is 1. The minimum absolute atomic E-state index is 0. The van der Waals surface area contributed by atoms with Gasteiger partial charge in [0, 0.05) is 26.2 Å². The molecule has 0 aromatic carbocycles. The van der Waals surface area contributed by atoms with Crippen molar-refractivity contribution < 1.29 is 26.2 Å². The topological polar surface area (TPSA) is 0 Å². The van der Waals surface area contributed by atoms with Crippen molar-refractivity contribution in [1.82, 2.24) is 0 Å². The molecule has 0 N–H and O–H groups in total. The Kier molecular flexibility index (Phi) is 13.0. The first kappa shape index (κ1) is 18.2. The van der Waals surface area contributed by atoms with Gasteiger partial charge in [0.2, 0.25) is 0 Å². The zero-order chi connectivity index (χ0) is 7.52. The maximum atomic E-state index is 3.43. The van der Waals surface area contributed by atoms with Gasteiger partial charge in [-0.15, -0.1) is 54.4 Å². The fourth-order valence-corrected chi connectivity index (χ4v) is 2.12. The zero-order valence-electron chi connectivity index (χ0n) is 8.29. The van der Waals surface area contributed by atoms with Gasteiger partial charge in [-0.05, 0) is 18.8 Å². The Morgan fingerprint density at radius 3 is 2.21 bits per heavy atom. The molecule has 0 saturated heterocycles.